The van der Waals surface area contributed by atoms with Crippen molar-refractivity contribution in [1.29, 1.82) is 0 Å². The molecule has 4 rings (SSSR count). The summed E-state index contributed by atoms with van der Waals surface area (Å²) < 4.78 is 22.6. The van der Waals surface area contributed by atoms with Crippen LogP contribution in [0, 0.1) is 6.92 Å². The number of esters is 1. The summed E-state index contributed by atoms with van der Waals surface area (Å²) in [6, 6.07) is 13.2. The van der Waals surface area contributed by atoms with E-state index in [4.69, 9.17) is 18.9 Å². The first-order chi connectivity index (χ1) is 16.5. The third-order valence-corrected chi connectivity index (χ3v) is 4.89. The standard InChI is InChI=1S/C24H23N3O7/c1-3-31-24(30)23-20(13-22(29)27(26-23)17-7-5-4-6-15(17)2)34-14-21(28)25-16-8-9-18-19(12-16)33-11-10-32-18/h4-9,12-13H,3,10-11,14H2,1-2H3,(H,25,28). The van der Waals surface area contributed by atoms with E-state index in [2.05, 4.69) is 10.4 Å². The molecule has 1 amide bonds. The molecule has 0 spiro atoms. The molecule has 0 saturated heterocycles. The van der Waals surface area contributed by atoms with E-state index in [1.54, 1.807) is 37.3 Å². The summed E-state index contributed by atoms with van der Waals surface area (Å²) in [5.41, 5.74) is 1.05. The van der Waals surface area contributed by atoms with Gasteiger partial charge in [-0.05, 0) is 37.6 Å². The Bertz CT molecular complexity index is 1290. The van der Waals surface area contributed by atoms with E-state index < -0.39 is 24.0 Å². The average Bonchev–Trinajstić information content (AvgIpc) is 2.83. The van der Waals surface area contributed by atoms with E-state index in [9.17, 15) is 14.4 Å². The molecule has 1 aliphatic heterocycles. The number of carbonyl (C=O) groups is 2. The van der Waals surface area contributed by atoms with E-state index in [0.717, 1.165) is 16.3 Å². The average molecular weight is 465 g/mol. The number of fused-ring (bicyclic) bond motifs is 1. The van der Waals surface area contributed by atoms with Crippen molar-refractivity contribution in [2.75, 3.05) is 31.7 Å². The Labute approximate surface area is 195 Å². The molecule has 34 heavy (non-hydrogen) atoms. The predicted molar refractivity (Wildman–Crippen MR) is 122 cm³/mol. The molecule has 10 nitrogen and oxygen atoms in total. The Hall–Kier alpha value is -4.34. The fourth-order valence-corrected chi connectivity index (χ4v) is 3.33. The van der Waals surface area contributed by atoms with E-state index in [1.807, 2.05) is 19.1 Å². The number of ether oxygens (including phenoxy) is 4. The molecule has 1 aromatic heterocycles. The Morgan fingerprint density at radius 3 is 2.62 bits per heavy atom. The smallest absolute Gasteiger partial charge is 0.362 e. The number of para-hydroxylation sites is 1. The summed E-state index contributed by atoms with van der Waals surface area (Å²) in [5, 5.41) is 6.85. The van der Waals surface area contributed by atoms with Crippen LogP contribution in [0.3, 0.4) is 0 Å². The zero-order valence-electron chi connectivity index (χ0n) is 18.7. The maximum absolute atomic E-state index is 12.7. The zero-order chi connectivity index (χ0) is 24.1. The van der Waals surface area contributed by atoms with Gasteiger partial charge in [0.2, 0.25) is 5.69 Å². The first-order valence-corrected chi connectivity index (χ1v) is 10.7. The van der Waals surface area contributed by atoms with Crippen LogP contribution in [0.4, 0.5) is 5.69 Å². The van der Waals surface area contributed by atoms with Gasteiger partial charge in [0, 0.05) is 11.8 Å². The number of hydrogen-bond donors (Lipinski definition) is 1. The second-order valence-corrected chi connectivity index (χ2v) is 7.31. The van der Waals surface area contributed by atoms with Gasteiger partial charge in [-0.1, -0.05) is 18.2 Å². The lowest BCUT2D eigenvalue weighted by Crippen LogP contribution is -2.27. The van der Waals surface area contributed by atoms with Gasteiger partial charge in [-0.2, -0.15) is 9.78 Å². The first-order valence-electron chi connectivity index (χ1n) is 10.7. The molecule has 0 fully saturated rings. The van der Waals surface area contributed by atoms with Gasteiger partial charge in [0.05, 0.1) is 18.4 Å². The van der Waals surface area contributed by atoms with Gasteiger partial charge in [0.15, 0.2) is 23.9 Å². The number of hydrogen-bond acceptors (Lipinski definition) is 8. The minimum atomic E-state index is -0.771. The number of carbonyl (C=O) groups excluding carboxylic acids is 2. The molecular formula is C24H23N3O7. The van der Waals surface area contributed by atoms with Crippen LogP contribution in [0.2, 0.25) is 0 Å². The van der Waals surface area contributed by atoms with Gasteiger partial charge in [0.1, 0.15) is 13.2 Å². The molecule has 0 radical (unpaired) electrons. The van der Waals surface area contributed by atoms with Crippen LogP contribution in [0.25, 0.3) is 5.69 Å². The van der Waals surface area contributed by atoms with Crippen LogP contribution in [-0.4, -0.2) is 48.1 Å². The SMILES string of the molecule is CCOC(=O)c1nn(-c2ccccc2C)c(=O)cc1OCC(=O)Nc1ccc2c(c1)OCCO2. The molecule has 2 heterocycles. The number of rotatable bonds is 7. The Morgan fingerprint density at radius 2 is 1.85 bits per heavy atom. The van der Waals surface area contributed by atoms with Crippen molar-refractivity contribution < 1.29 is 28.5 Å². The predicted octanol–water partition coefficient (Wildman–Crippen LogP) is 2.51. The van der Waals surface area contributed by atoms with Crippen LogP contribution >= 0.6 is 0 Å². The third-order valence-electron chi connectivity index (χ3n) is 4.89. The van der Waals surface area contributed by atoms with Gasteiger partial charge in [0.25, 0.3) is 11.5 Å². The molecule has 1 aliphatic rings. The number of anilines is 1. The summed E-state index contributed by atoms with van der Waals surface area (Å²) >= 11 is 0. The molecule has 0 unspecified atom stereocenters. The van der Waals surface area contributed by atoms with Crippen LogP contribution in [-0.2, 0) is 9.53 Å². The summed E-state index contributed by atoms with van der Waals surface area (Å²) in [5.74, 6) is -0.300. The fraction of sp³-hybridized carbons (Fsp3) is 0.250. The number of nitrogens with zero attached hydrogens (tertiary/aromatic N) is 2. The van der Waals surface area contributed by atoms with Crippen molar-refractivity contribution in [3.63, 3.8) is 0 Å². The Morgan fingerprint density at radius 1 is 1.09 bits per heavy atom. The van der Waals surface area contributed by atoms with Crippen molar-refractivity contribution in [3.8, 4) is 22.9 Å². The van der Waals surface area contributed by atoms with E-state index >= 15 is 0 Å². The van der Waals surface area contributed by atoms with Crippen molar-refractivity contribution in [2.45, 2.75) is 13.8 Å². The molecule has 0 atom stereocenters. The molecule has 10 heteroatoms. The summed E-state index contributed by atoms with van der Waals surface area (Å²) in [4.78, 5) is 37.7. The molecule has 3 aromatic rings. The molecular weight excluding hydrogens is 442 g/mol. The van der Waals surface area contributed by atoms with Crippen molar-refractivity contribution in [2.24, 2.45) is 0 Å². The van der Waals surface area contributed by atoms with Gasteiger partial charge in [-0.25, -0.2) is 4.79 Å². The monoisotopic (exact) mass is 465 g/mol. The Balaban J connectivity index is 1.54. The van der Waals surface area contributed by atoms with Crippen molar-refractivity contribution in [3.05, 3.63) is 70.1 Å². The lowest BCUT2D eigenvalue weighted by molar-refractivity contribution is -0.118. The van der Waals surface area contributed by atoms with E-state index in [-0.39, 0.29) is 18.1 Å². The minimum Gasteiger partial charge on any atom is -0.486 e. The van der Waals surface area contributed by atoms with Gasteiger partial charge in [-0.15, -0.1) is 0 Å². The fourth-order valence-electron chi connectivity index (χ4n) is 3.33. The molecule has 2 aromatic carbocycles. The number of aromatic nitrogens is 2. The highest BCUT2D eigenvalue weighted by Gasteiger charge is 2.21. The van der Waals surface area contributed by atoms with Crippen LogP contribution in [0.1, 0.15) is 23.0 Å². The van der Waals surface area contributed by atoms with Crippen LogP contribution < -0.4 is 25.1 Å². The number of amides is 1. The molecule has 0 aliphatic carbocycles. The van der Waals surface area contributed by atoms with Crippen LogP contribution in [0.5, 0.6) is 17.2 Å². The number of benzene rings is 2. The normalized spacial score (nSPS) is 12.1. The lowest BCUT2D eigenvalue weighted by atomic mass is 10.2. The van der Waals surface area contributed by atoms with Gasteiger partial charge < -0.3 is 24.3 Å². The zero-order valence-corrected chi connectivity index (χ0v) is 18.7. The van der Waals surface area contributed by atoms with Crippen LogP contribution in [0.15, 0.2) is 53.3 Å². The van der Waals surface area contributed by atoms with E-state index in [0.29, 0.717) is 36.1 Å². The highest BCUT2D eigenvalue weighted by molar-refractivity contribution is 5.93. The molecule has 1 N–H and O–H groups in total. The number of nitrogens with one attached hydrogen (secondary N) is 1. The van der Waals surface area contributed by atoms with Crippen molar-refractivity contribution >= 4 is 17.6 Å². The second-order valence-electron chi connectivity index (χ2n) is 7.31. The summed E-state index contributed by atoms with van der Waals surface area (Å²) in [7, 11) is 0. The number of aryl methyl sites for hydroxylation is 1. The highest BCUT2D eigenvalue weighted by Crippen LogP contribution is 2.32. The first kappa shape index (κ1) is 22.8. The molecule has 0 saturated carbocycles. The topological polar surface area (TPSA) is 118 Å². The lowest BCUT2D eigenvalue weighted by Gasteiger charge is -2.19. The largest absolute Gasteiger partial charge is 0.486 e. The molecule has 176 valence electrons. The quantitative estimate of drug-likeness (QED) is 0.529. The summed E-state index contributed by atoms with van der Waals surface area (Å²) in [6.07, 6.45) is 0. The van der Waals surface area contributed by atoms with E-state index in [1.165, 1.54) is 0 Å². The van der Waals surface area contributed by atoms with Gasteiger partial charge >= 0.3 is 5.97 Å². The Kier molecular flexibility index (Phi) is 6.77. The summed E-state index contributed by atoms with van der Waals surface area (Å²) in [6.45, 7) is 4.00. The highest BCUT2D eigenvalue weighted by atomic mass is 16.6. The second kappa shape index (κ2) is 10.1. The minimum absolute atomic E-state index is 0.105. The maximum atomic E-state index is 12.7. The van der Waals surface area contributed by atoms with Gasteiger partial charge in [-0.3, -0.25) is 9.59 Å². The third kappa shape index (κ3) is 5.01. The van der Waals surface area contributed by atoms with Crippen molar-refractivity contribution in [1.82, 2.24) is 9.78 Å². The maximum Gasteiger partial charge on any atom is 0.362 e. The molecule has 0 bridgehead atoms.